The van der Waals surface area contributed by atoms with Crippen LogP contribution < -0.4 is 20.9 Å². The van der Waals surface area contributed by atoms with Gasteiger partial charge in [0.25, 0.3) is 0 Å². The van der Waals surface area contributed by atoms with E-state index in [1.165, 1.54) is 4.70 Å². The maximum Gasteiger partial charge on any atom is 0.229 e. The summed E-state index contributed by atoms with van der Waals surface area (Å²) in [6.45, 7) is 1.75. The third-order valence-corrected chi connectivity index (χ3v) is 8.81. The van der Waals surface area contributed by atoms with Gasteiger partial charge >= 0.3 is 0 Å². The first-order valence-corrected chi connectivity index (χ1v) is 14.8. The average Bonchev–Trinajstić information content (AvgIpc) is 3.62. The van der Waals surface area contributed by atoms with Crippen molar-refractivity contribution in [3.8, 4) is 0 Å². The second kappa shape index (κ2) is 10.9. The van der Waals surface area contributed by atoms with Crippen LogP contribution in [-0.2, 0) is 17.6 Å². The lowest BCUT2D eigenvalue weighted by Gasteiger charge is -2.16. The molecule has 0 radical (unpaired) electrons. The summed E-state index contributed by atoms with van der Waals surface area (Å²) in [6.07, 6.45) is 8.08. The van der Waals surface area contributed by atoms with Crippen LogP contribution in [0.1, 0.15) is 24.0 Å². The van der Waals surface area contributed by atoms with Gasteiger partial charge in [0.1, 0.15) is 5.02 Å². The predicted molar refractivity (Wildman–Crippen MR) is 165 cm³/mol. The van der Waals surface area contributed by atoms with Crippen LogP contribution in [0.25, 0.3) is 10.2 Å². The third kappa shape index (κ3) is 5.66. The molecule has 2 aromatic carbocycles. The van der Waals surface area contributed by atoms with Crippen molar-refractivity contribution in [1.29, 1.82) is 0 Å². The van der Waals surface area contributed by atoms with E-state index in [2.05, 4.69) is 41.9 Å². The maximum atomic E-state index is 13.2. The predicted octanol–water partition coefficient (Wildman–Crippen LogP) is 6.58. The van der Waals surface area contributed by atoms with E-state index in [9.17, 15) is 4.79 Å². The summed E-state index contributed by atoms with van der Waals surface area (Å²) in [5.74, 6) is 1.22. The molecule has 11 heteroatoms. The number of aromatic nitrogens is 4. The Morgan fingerprint density at radius 1 is 1.05 bits per heavy atom. The highest BCUT2D eigenvalue weighted by atomic mass is 35.5. The Morgan fingerprint density at radius 3 is 2.90 bits per heavy atom. The van der Waals surface area contributed by atoms with Gasteiger partial charge in [-0.2, -0.15) is 4.98 Å². The normalized spacial score (nSPS) is 16.2. The smallest absolute Gasteiger partial charge is 0.229 e. The number of nitrogens with zero attached hydrogens (tertiary/aromatic N) is 5. The fourth-order valence-electron chi connectivity index (χ4n) is 5.38. The standard InChI is InChI=1S/C30H27ClN8OS/c31-23-16-33-29-35-22-11-18(14-32-15-22)5-6-20-13-21(34-28(23)38-29)7-8-24(20)36-27(40)12-19-9-10-39(17-19)30-37-25-3-1-2-4-26(25)41-30/h1-4,7-8,11,13-16,19H,5-6,9-10,12,17H2,(H,36,40)(H2,33,34,35,38)/t19-/m0/s1. The number of rotatable bonds is 4. The summed E-state index contributed by atoms with van der Waals surface area (Å²) in [6, 6.07) is 16.2. The molecule has 6 bridgehead atoms. The quantitative estimate of drug-likeness (QED) is 0.218. The Morgan fingerprint density at radius 2 is 1.98 bits per heavy atom. The Bertz CT molecular complexity index is 1730. The van der Waals surface area contributed by atoms with Crippen molar-refractivity contribution in [2.75, 3.05) is 33.9 Å². The number of pyridine rings is 1. The molecule has 0 spiro atoms. The van der Waals surface area contributed by atoms with Crippen LogP contribution in [0.4, 0.5) is 34.0 Å². The van der Waals surface area contributed by atoms with Crippen LogP contribution in [0, 0.1) is 5.92 Å². The largest absolute Gasteiger partial charge is 0.348 e. The van der Waals surface area contributed by atoms with E-state index in [1.807, 2.05) is 48.7 Å². The second-order valence-electron chi connectivity index (χ2n) is 10.4. The number of hydrogen-bond acceptors (Lipinski definition) is 9. The molecule has 1 amide bonds. The maximum absolute atomic E-state index is 13.2. The molecule has 1 fully saturated rings. The summed E-state index contributed by atoms with van der Waals surface area (Å²) < 4.78 is 1.19. The first-order valence-electron chi connectivity index (χ1n) is 13.6. The van der Waals surface area contributed by atoms with Crippen molar-refractivity contribution in [2.24, 2.45) is 5.92 Å². The van der Waals surface area contributed by atoms with E-state index in [4.69, 9.17) is 16.6 Å². The molecule has 0 aliphatic carbocycles. The number of thiazole rings is 1. The zero-order chi connectivity index (χ0) is 27.8. The number of hydrogen-bond donors (Lipinski definition) is 3. The zero-order valence-electron chi connectivity index (χ0n) is 22.1. The highest BCUT2D eigenvalue weighted by Gasteiger charge is 2.27. The van der Waals surface area contributed by atoms with Crippen molar-refractivity contribution in [3.63, 3.8) is 0 Å². The molecule has 41 heavy (non-hydrogen) atoms. The third-order valence-electron chi connectivity index (χ3n) is 7.43. The number of benzene rings is 2. The van der Waals surface area contributed by atoms with Crippen molar-refractivity contribution < 1.29 is 4.79 Å². The molecule has 2 aliphatic heterocycles. The number of aryl methyl sites for hydroxylation is 2. The van der Waals surface area contributed by atoms with Gasteiger partial charge in [0.2, 0.25) is 11.9 Å². The molecule has 206 valence electrons. The van der Waals surface area contributed by atoms with Crippen LogP contribution in [0.2, 0.25) is 5.02 Å². The van der Waals surface area contributed by atoms with Gasteiger partial charge in [0, 0.05) is 37.1 Å². The molecule has 1 atom stereocenters. The van der Waals surface area contributed by atoms with E-state index in [-0.39, 0.29) is 11.8 Å². The lowest BCUT2D eigenvalue weighted by Crippen LogP contribution is -2.22. The minimum atomic E-state index is 0.0253. The van der Waals surface area contributed by atoms with Gasteiger partial charge < -0.3 is 20.9 Å². The Hall–Kier alpha value is -4.28. The van der Waals surface area contributed by atoms with E-state index in [1.54, 1.807) is 23.7 Å². The van der Waals surface area contributed by atoms with Crippen LogP contribution in [0.3, 0.4) is 0 Å². The molecule has 0 unspecified atom stereocenters. The van der Waals surface area contributed by atoms with Crippen LogP contribution in [0.5, 0.6) is 0 Å². The SMILES string of the molecule is O=C(C[C@@H]1CCN(c2nc3ccccc3s2)C1)Nc1ccc2cc1CCc1cncc(c1)Nc1ncc(Cl)c(n1)N2. The van der Waals surface area contributed by atoms with Crippen molar-refractivity contribution >= 4 is 73.0 Å². The lowest BCUT2D eigenvalue weighted by molar-refractivity contribution is -0.116. The van der Waals surface area contributed by atoms with Gasteiger partial charge in [0.05, 0.1) is 28.3 Å². The molecular formula is C30H27ClN8OS. The number of halogens is 1. The van der Waals surface area contributed by atoms with Gasteiger partial charge in [-0.1, -0.05) is 35.1 Å². The number of anilines is 6. The van der Waals surface area contributed by atoms with Gasteiger partial charge in [-0.15, -0.1) is 0 Å². The number of amides is 1. The van der Waals surface area contributed by atoms with Crippen molar-refractivity contribution in [3.05, 3.63) is 83.3 Å². The Kier molecular flexibility index (Phi) is 6.85. The van der Waals surface area contributed by atoms with Gasteiger partial charge in [-0.05, 0) is 72.7 Å². The summed E-state index contributed by atoms with van der Waals surface area (Å²) in [5.41, 5.74) is 5.56. The van der Waals surface area contributed by atoms with Crippen molar-refractivity contribution in [2.45, 2.75) is 25.7 Å². The lowest BCUT2D eigenvalue weighted by atomic mass is 10.0. The highest BCUT2D eigenvalue weighted by molar-refractivity contribution is 7.22. The number of carbonyl (C=O) groups is 1. The minimum Gasteiger partial charge on any atom is -0.348 e. The van der Waals surface area contributed by atoms with Crippen LogP contribution >= 0.6 is 22.9 Å². The zero-order valence-corrected chi connectivity index (χ0v) is 23.7. The molecule has 0 saturated carbocycles. The van der Waals surface area contributed by atoms with Crippen LogP contribution in [0.15, 0.2) is 67.1 Å². The molecular weight excluding hydrogens is 556 g/mol. The second-order valence-corrected chi connectivity index (χ2v) is 11.8. The average molecular weight is 583 g/mol. The monoisotopic (exact) mass is 582 g/mol. The molecule has 5 aromatic rings. The van der Waals surface area contributed by atoms with E-state index in [0.29, 0.717) is 23.2 Å². The van der Waals surface area contributed by atoms with Crippen molar-refractivity contribution in [1.82, 2.24) is 19.9 Å². The number of carbonyl (C=O) groups excluding carboxylic acids is 1. The van der Waals surface area contributed by atoms with Crippen LogP contribution in [-0.4, -0.2) is 38.9 Å². The molecule has 5 heterocycles. The fraction of sp³-hybridized carbons (Fsp3) is 0.233. The molecule has 2 aliphatic rings. The van der Waals surface area contributed by atoms with E-state index < -0.39 is 0 Å². The Balaban J connectivity index is 1.08. The number of para-hydroxylation sites is 1. The van der Waals surface area contributed by atoms with Gasteiger partial charge in [-0.25, -0.2) is 9.97 Å². The molecule has 7 rings (SSSR count). The van der Waals surface area contributed by atoms with Gasteiger partial charge in [0.15, 0.2) is 10.9 Å². The van der Waals surface area contributed by atoms with Gasteiger partial charge in [-0.3, -0.25) is 9.78 Å². The Labute approximate surface area is 246 Å². The van der Waals surface area contributed by atoms with E-state index in [0.717, 1.165) is 71.2 Å². The first-order chi connectivity index (χ1) is 20.1. The molecule has 3 aromatic heterocycles. The summed E-state index contributed by atoms with van der Waals surface area (Å²) in [7, 11) is 0. The highest BCUT2D eigenvalue weighted by Crippen LogP contribution is 2.33. The molecule has 9 nitrogen and oxygen atoms in total. The van der Waals surface area contributed by atoms with E-state index >= 15 is 0 Å². The number of nitrogens with one attached hydrogen (secondary N) is 3. The summed E-state index contributed by atoms with van der Waals surface area (Å²) >= 11 is 8.11. The molecule has 3 N–H and O–H groups in total. The topological polar surface area (TPSA) is 108 Å². The summed E-state index contributed by atoms with van der Waals surface area (Å²) in [5, 5.41) is 11.1. The fourth-order valence-corrected chi connectivity index (χ4v) is 6.52. The minimum absolute atomic E-state index is 0.0253. The summed E-state index contributed by atoms with van der Waals surface area (Å²) in [4.78, 5) is 33.6. The molecule has 1 saturated heterocycles. The number of fused-ring (bicyclic) bond motifs is 7. The first kappa shape index (κ1) is 25.7.